The van der Waals surface area contributed by atoms with E-state index in [4.69, 9.17) is 5.73 Å². The van der Waals surface area contributed by atoms with Crippen molar-refractivity contribution in [3.63, 3.8) is 0 Å². The highest BCUT2D eigenvalue weighted by Crippen LogP contribution is 2.16. The van der Waals surface area contributed by atoms with E-state index in [2.05, 4.69) is 10.9 Å². The molecule has 2 heterocycles. The van der Waals surface area contributed by atoms with Gasteiger partial charge in [0.2, 0.25) is 5.91 Å². The largest absolute Gasteiger partial charge is 0.351 e. The lowest BCUT2D eigenvalue weighted by Gasteiger charge is -2.30. The van der Waals surface area contributed by atoms with Gasteiger partial charge in [0.25, 0.3) is 5.91 Å². The van der Waals surface area contributed by atoms with Gasteiger partial charge >= 0.3 is 6.03 Å². The molecule has 0 bridgehead atoms. The first-order valence-electron chi connectivity index (χ1n) is 6.26. The van der Waals surface area contributed by atoms with Crippen LogP contribution in [0.4, 0.5) is 4.79 Å². The molecule has 1 fully saturated rings. The Kier molecular flexibility index (Phi) is 4.57. The highest BCUT2D eigenvalue weighted by molar-refractivity contribution is 7.12. The zero-order valence-electron chi connectivity index (χ0n) is 10.8. The van der Waals surface area contributed by atoms with E-state index in [0.29, 0.717) is 17.8 Å². The molecule has 4 N–H and O–H groups in total. The number of urea groups is 1. The van der Waals surface area contributed by atoms with Gasteiger partial charge in [-0.15, -0.1) is 11.3 Å². The topological polar surface area (TPSA) is 105 Å². The van der Waals surface area contributed by atoms with Crippen molar-refractivity contribution in [1.29, 1.82) is 0 Å². The first-order chi connectivity index (χ1) is 9.58. The van der Waals surface area contributed by atoms with Gasteiger partial charge in [0.15, 0.2) is 0 Å². The zero-order chi connectivity index (χ0) is 14.5. The summed E-state index contributed by atoms with van der Waals surface area (Å²) in [5.74, 6) is -1.00. The molecule has 1 aromatic rings. The molecule has 108 valence electrons. The van der Waals surface area contributed by atoms with Crippen LogP contribution in [0.2, 0.25) is 0 Å². The molecule has 1 aliphatic heterocycles. The van der Waals surface area contributed by atoms with Crippen LogP contribution in [0.5, 0.6) is 0 Å². The molecule has 20 heavy (non-hydrogen) atoms. The normalized spacial score (nSPS) is 18.4. The van der Waals surface area contributed by atoms with E-state index in [1.807, 2.05) is 0 Å². The summed E-state index contributed by atoms with van der Waals surface area (Å²) in [6.45, 7) is 0.858. The number of hydrazine groups is 1. The third kappa shape index (κ3) is 3.47. The fraction of sp³-hybridized carbons (Fsp3) is 0.417. The lowest BCUT2D eigenvalue weighted by Crippen LogP contribution is -2.50. The minimum absolute atomic E-state index is 0.288. The number of rotatable bonds is 2. The monoisotopic (exact) mass is 296 g/mol. The fourth-order valence-electron chi connectivity index (χ4n) is 2.08. The Balaban J connectivity index is 1.82. The van der Waals surface area contributed by atoms with Gasteiger partial charge in [-0.2, -0.15) is 0 Å². The highest BCUT2D eigenvalue weighted by Gasteiger charge is 2.27. The minimum atomic E-state index is -0.523. The molecular formula is C12H16N4O3S. The Hall–Kier alpha value is -2.09. The maximum Gasteiger partial charge on any atom is 0.314 e. The van der Waals surface area contributed by atoms with Crippen LogP contribution in [0.25, 0.3) is 0 Å². The summed E-state index contributed by atoms with van der Waals surface area (Å²) < 4.78 is 0. The van der Waals surface area contributed by atoms with Crippen molar-refractivity contribution in [1.82, 2.24) is 15.8 Å². The van der Waals surface area contributed by atoms with Crippen LogP contribution in [0.3, 0.4) is 0 Å². The van der Waals surface area contributed by atoms with E-state index in [9.17, 15) is 14.4 Å². The average molecular weight is 296 g/mol. The molecule has 1 atom stereocenters. The summed E-state index contributed by atoms with van der Waals surface area (Å²) in [6, 6.07) is 2.90. The third-order valence-electron chi connectivity index (χ3n) is 3.15. The molecule has 1 unspecified atom stereocenters. The first-order valence-corrected chi connectivity index (χ1v) is 7.14. The molecule has 0 radical (unpaired) electrons. The predicted octanol–water partition coefficient (Wildman–Crippen LogP) is 0.300. The van der Waals surface area contributed by atoms with Crippen LogP contribution in [0, 0.1) is 5.92 Å². The maximum absolute atomic E-state index is 11.9. The molecule has 0 saturated carbocycles. The van der Waals surface area contributed by atoms with Crippen molar-refractivity contribution in [2.75, 3.05) is 13.1 Å². The molecule has 7 nitrogen and oxygen atoms in total. The van der Waals surface area contributed by atoms with Crippen molar-refractivity contribution in [2.45, 2.75) is 12.8 Å². The standard InChI is InChI=1S/C12H16N4O3S/c13-12(19)16-5-1-3-8(7-16)10(17)14-15-11(18)9-4-2-6-20-9/h2,4,6,8H,1,3,5,7H2,(H2,13,19)(H,14,17)(H,15,18). The number of nitrogens with one attached hydrogen (secondary N) is 2. The second-order valence-corrected chi connectivity index (χ2v) is 5.49. The zero-order valence-corrected chi connectivity index (χ0v) is 11.6. The van der Waals surface area contributed by atoms with E-state index in [0.717, 1.165) is 6.42 Å². The summed E-state index contributed by atoms with van der Waals surface area (Å²) in [7, 11) is 0. The average Bonchev–Trinajstić information content (AvgIpc) is 2.98. The lowest BCUT2D eigenvalue weighted by atomic mass is 9.98. The molecule has 4 amide bonds. The van der Waals surface area contributed by atoms with Crippen molar-refractivity contribution < 1.29 is 14.4 Å². The van der Waals surface area contributed by atoms with Crippen LogP contribution in [-0.4, -0.2) is 35.8 Å². The summed E-state index contributed by atoms with van der Waals surface area (Å²) in [6.07, 6.45) is 1.39. The number of hydrogen-bond donors (Lipinski definition) is 3. The second kappa shape index (κ2) is 6.38. The number of carbonyl (C=O) groups is 3. The fourth-order valence-corrected chi connectivity index (χ4v) is 2.70. The highest BCUT2D eigenvalue weighted by atomic mass is 32.1. The van der Waals surface area contributed by atoms with Gasteiger partial charge in [-0.3, -0.25) is 20.4 Å². The number of likely N-dealkylation sites (tertiary alicyclic amines) is 1. The van der Waals surface area contributed by atoms with E-state index in [-0.39, 0.29) is 24.3 Å². The third-order valence-corrected chi connectivity index (χ3v) is 4.02. The number of nitrogens with two attached hydrogens (primary N) is 1. The van der Waals surface area contributed by atoms with Gasteiger partial charge in [0, 0.05) is 13.1 Å². The Morgan fingerprint density at radius 2 is 2.15 bits per heavy atom. The number of carbonyl (C=O) groups excluding carboxylic acids is 3. The van der Waals surface area contributed by atoms with Crippen molar-refractivity contribution in [3.05, 3.63) is 22.4 Å². The van der Waals surface area contributed by atoms with Gasteiger partial charge < -0.3 is 10.6 Å². The maximum atomic E-state index is 11.9. The Bertz CT molecular complexity index is 503. The summed E-state index contributed by atoms with van der Waals surface area (Å²) in [5.41, 5.74) is 9.96. The van der Waals surface area contributed by atoms with Gasteiger partial charge in [-0.25, -0.2) is 4.79 Å². The minimum Gasteiger partial charge on any atom is -0.351 e. The van der Waals surface area contributed by atoms with Crippen molar-refractivity contribution in [2.24, 2.45) is 11.7 Å². The second-order valence-electron chi connectivity index (χ2n) is 4.54. The van der Waals surface area contributed by atoms with E-state index < -0.39 is 6.03 Å². The van der Waals surface area contributed by atoms with Crippen LogP contribution in [0.15, 0.2) is 17.5 Å². The lowest BCUT2D eigenvalue weighted by molar-refractivity contribution is -0.127. The quantitative estimate of drug-likeness (QED) is 0.684. The number of primary amides is 1. The first kappa shape index (κ1) is 14.3. The summed E-state index contributed by atoms with van der Waals surface area (Å²) in [5, 5.41) is 1.78. The molecule has 0 aromatic carbocycles. The molecule has 2 rings (SSSR count). The Labute approximate surface area is 120 Å². The van der Waals surface area contributed by atoms with E-state index in [1.54, 1.807) is 17.5 Å². The van der Waals surface area contributed by atoms with Crippen molar-refractivity contribution >= 4 is 29.2 Å². The van der Waals surface area contributed by atoms with Gasteiger partial charge in [-0.1, -0.05) is 6.07 Å². The number of hydrogen-bond acceptors (Lipinski definition) is 4. The molecule has 1 aromatic heterocycles. The van der Waals surface area contributed by atoms with Gasteiger partial charge in [0.1, 0.15) is 0 Å². The predicted molar refractivity (Wildman–Crippen MR) is 73.8 cm³/mol. The smallest absolute Gasteiger partial charge is 0.314 e. The molecule has 0 aliphatic carbocycles. The van der Waals surface area contributed by atoms with Crippen LogP contribution in [0.1, 0.15) is 22.5 Å². The molecule has 1 saturated heterocycles. The molecular weight excluding hydrogens is 280 g/mol. The number of piperidine rings is 1. The SMILES string of the molecule is NC(=O)N1CCCC(C(=O)NNC(=O)c2cccs2)C1. The van der Waals surface area contributed by atoms with E-state index >= 15 is 0 Å². The molecule has 8 heteroatoms. The van der Waals surface area contributed by atoms with Crippen LogP contribution in [-0.2, 0) is 4.79 Å². The van der Waals surface area contributed by atoms with Crippen LogP contribution >= 0.6 is 11.3 Å². The van der Waals surface area contributed by atoms with E-state index in [1.165, 1.54) is 16.2 Å². The van der Waals surface area contributed by atoms with Gasteiger partial charge in [-0.05, 0) is 24.3 Å². The summed E-state index contributed by atoms with van der Waals surface area (Å²) in [4.78, 5) is 36.7. The van der Waals surface area contributed by atoms with Crippen molar-refractivity contribution in [3.8, 4) is 0 Å². The molecule has 1 aliphatic rings. The Morgan fingerprint density at radius 3 is 2.80 bits per heavy atom. The Morgan fingerprint density at radius 1 is 1.35 bits per heavy atom. The number of thiophene rings is 1. The number of amides is 4. The number of nitrogens with zero attached hydrogens (tertiary/aromatic N) is 1. The van der Waals surface area contributed by atoms with Gasteiger partial charge in [0.05, 0.1) is 10.8 Å². The van der Waals surface area contributed by atoms with Crippen LogP contribution < -0.4 is 16.6 Å². The summed E-state index contributed by atoms with van der Waals surface area (Å²) >= 11 is 1.29. The molecule has 0 spiro atoms.